The quantitative estimate of drug-likeness (QED) is 0.369. The number of aryl methyl sites for hydroxylation is 2. The van der Waals surface area contributed by atoms with E-state index in [1.54, 1.807) is 36.4 Å². The maximum absolute atomic E-state index is 12.8. The zero-order valence-electron chi connectivity index (χ0n) is 17.6. The van der Waals surface area contributed by atoms with Crippen LogP contribution < -0.4 is 10.3 Å². The normalized spacial score (nSPS) is 11.7. The minimum Gasteiger partial charge on any atom is -0.278 e. The molecule has 0 spiro atoms. The van der Waals surface area contributed by atoms with E-state index in [1.807, 2.05) is 19.1 Å². The fourth-order valence-corrected chi connectivity index (χ4v) is 6.10. The number of hydrogen-bond donors (Lipinski definition) is 1. The molecule has 0 aliphatic carbocycles. The third-order valence-corrected chi connectivity index (χ3v) is 8.10. The van der Waals surface area contributed by atoms with E-state index in [4.69, 9.17) is 0 Å². The van der Waals surface area contributed by atoms with Gasteiger partial charge in [0.2, 0.25) is 4.96 Å². The molecule has 0 atom stereocenters. The van der Waals surface area contributed by atoms with Gasteiger partial charge in [-0.3, -0.25) is 9.52 Å². The Balaban J connectivity index is 1.55. The van der Waals surface area contributed by atoms with Crippen LogP contribution >= 0.6 is 23.1 Å². The molecule has 10 heteroatoms. The molecular formula is C22H22N4O3S3. The lowest BCUT2D eigenvalue weighted by molar-refractivity contribution is 0.601. The Bertz CT molecular complexity index is 1410. The highest BCUT2D eigenvalue weighted by Crippen LogP contribution is 2.31. The van der Waals surface area contributed by atoms with Gasteiger partial charge in [0.1, 0.15) is 5.01 Å². The molecule has 0 saturated heterocycles. The van der Waals surface area contributed by atoms with Crippen LogP contribution in [0.1, 0.15) is 29.6 Å². The predicted molar refractivity (Wildman–Crippen MR) is 129 cm³/mol. The zero-order valence-corrected chi connectivity index (χ0v) is 20.1. The number of aromatic nitrogens is 3. The molecule has 32 heavy (non-hydrogen) atoms. The maximum atomic E-state index is 12.8. The summed E-state index contributed by atoms with van der Waals surface area (Å²) >= 11 is 2.84. The summed E-state index contributed by atoms with van der Waals surface area (Å²) < 4.78 is 29.6. The van der Waals surface area contributed by atoms with Crippen molar-refractivity contribution in [3.63, 3.8) is 0 Å². The van der Waals surface area contributed by atoms with Gasteiger partial charge in [0.15, 0.2) is 0 Å². The second-order valence-electron chi connectivity index (χ2n) is 7.23. The minimum absolute atomic E-state index is 0.205. The summed E-state index contributed by atoms with van der Waals surface area (Å²) in [5.41, 5.74) is 1.89. The van der Waals surface area contributed by atoms with Crippen LogP contribution in [-0.4, -0.2) is 23.0 Å². The highest BCUT2D eigenvalue weighted by atomic mass is 32.2. The van der Waals surface area contributed by atoms with Gasteiger partial charge in [-0.15, -0.1) is 11.8 Å². The summed E-state index contributed by atoms with van der Waals surface area (Å²) in [7, 11) is -3.71. The average molecular weight is 487 g/mol. The van der Waals surface area contributed by atoms with E-state index in [0.717, 1.165) is 28.3 Å². The molecule has 0 saturated carbocycles. The van der Waals surface area contributed by atoms with Crippen molar-refractivity contribution in [1.82, 2.24) is 14.6 Å². The van der Waals surface area contributed by atoms with Crippen molar-refractivity contribution in [3.8, 4) is 0 Å². The summed E-state index contributed by atoms with van der Waals surface area (Å²) in [6.45, 7) is 3.97. The zero-order chi connectivity index (χ0) is 22.7. The van der Waals surface area contributed by atoms with Gasteiger partial charge in [-0.1, -0.05) is 48.1 Å². The molecule has 2 aromatic carbocycles. The molecule has 2 aromatic heterocycles. The van der Waals surface area contributed by atoms with Gasteiger partial charge in [0.25, 0.3) is 15.6 Å². The predicted octanol–water partition coefficient (Wildman–Crippen LogP) is 4.51. The van der Waals surface area contributed by atoms with Crippen LogP contribution in [0, 0.1) is 6.92 Å². The average Bonchev–Trinajstić information content (AvgIpc) is 3.17. The number of anilines is 1. The van der Waals surface area contributed by atoms with E-state index in [-0.39, 0.29) is 10.5 Å². The van der Waals surface area contributed by atoms with Crippen LogP contribution in [0.3, 0.4) is 0 Å². The number of fused-ring (bicyclic) bond motifs is 1. The van der Waals surface area contributed by atoms with Crippen molar-refractivity contribution in [3.05, 3.63) is 81.2 Å². The van der Waals surface area contributed by atoms with Crippen LogP contribution in [0.25, 0.3) is 4.96 Å². The Morgan fingerprint density at radius 1 is 1.12 bits per heavy atom. The molecule has 4 aromatic rings. The number of para-hydroxylation sites is 1. The molecule has 0 amide bonds. The van der Waals surface area contributed by atoms with Crippen molar-refractivity contribution < 1.29 is 8.42 Å². The highest BCUT2D eigenvalue weighted by molar-refractivity contribution is 7.98. The second kappa shape index (κ2) is 9.43. The highest BCUT2D eigenvalue weighted by Gasteiger charge is 2.16. The van der Waals surface area contributed by atoms with Gasteiger partial charge in [0.05, 0.1) is 16.3 Å². The van der Waals surface area contributed by atoms with Crippen molar-refractivity contribution >= 4 is 43.8 Å². The van der Waals surface area contributed by atoms with Crippen molar-refractivity contribution in [2.75, 3.05) is 4.72 Å². The smallest absolute Gasteiger partial charge is 0.275 e. The van der Waals surface area contributed by atoms with Crippen molar-refractivity contribution in [2.24, 2.45) is 0 Å². The van der Waals surface area contributed by atoms with Crippen LogP contribution in [0.4, 0.5) is 5.69 Å². The molecule has 0 aliphatic heterocycles. The Hall–Kier alpha value is -2.69. The number of benzene rings is 2. The van der Waals surface area contributed by atoms with E-state index < -0.39 is 10.0 Å². The molecular weight excluding hydrogens is 464 g/mol. The number of nitrogens with one attached hydrogen (secondary N) is 1. The number of hydrogen-bond acceptors (Lipinski definition) is 7. The molecule has 0 bridgehead atoms. The third kappa shape index (κ3) is 5.03. The van der Waals surface area contributed by atoms with Crippen molar-refractivity contribution in [2.45, 2.75) is 42.2 Å². The number of rotatable bonds is 8. The first kappa shape index (κ1) is 22.5. The molecule has 1 N–H and O–H groups in total. The van der Waals surface area contributed by atoms with Gasteiger partial charge < -0.3 is 0 Å². The summed E-state index contributed by atoms with van der Waals surface area (Å²) in [6, 6.07) is 15.4. The van der Waals surface area contributed by atoms with Crippen LogP contribution in [0.2, 0.25) is 0 Å². The number of thioether (sulfide) groups is 1. The molecule has 166 valence electrons. The Morgan fingerprint density at radius 2 is 1.88 bits per heavy atom. The Kier molecular flexibility index (Phi) is 6.63. The SMILES string of the molecule is CCCc1nn2c(=O)cc(CSc3ccccc3NS(=O)(=O)c3ccc(C)cc3)nc2s1. The molecule has 0 radical (unpaired) electrons. The number of nitrogens with zero attached hydrogens (tertiary/aromatic N) is 3. The fourth-order valence-electron chi connectivity index (χ4n) is 3.03. The van der Waals surface area contributed by atoms with Crippen LogP contribution in [0.5, 0.6) is 0 Å². The van der Waals surface area contributed by atoms with E-state index in [2.05, 4.69) is 21.7 Å². The summed E-state index contributed by atoms with van der Waals surface area (Å²) in [6.07, 6.45) is 1.76. The van der Waals surface area contributed by atoms with Gasteiger partial charge in [-0.25, -0.2) is 13.4 Å². The molecule has 0 fully saturated rings. The number of sulfonamides is 1. The lowest BCUT2D eigenvalue weighted by Crippen LogP contribution is -2.15. The van der Waals surface area contributed by atoms with Gasteiger partial charge in [-0.2, -0.15) is 9.61 Å². The van der Waals surface area contributed by atoms with Crippen LogP contribution in [0.15, 0.2) is 69.2 Å². The van der Waals surface area contributed by atoms with E-state index >= 15 is 0 Å². The first-order chi connectivity index (χ1) is 15.4. The molecule has 7 nitrogen and oxygen atoms in total. The third-order valence-electron chi connectivity index (χ3n) is 4.64. The van der Waals surface area contributed by atoms with Gasteiger partial charge in [-0.05, 0) is 37.6 Å². The topological polar surface area (TPSA) is 93.4 Å². The summed E-state index contributed by atoms with van der Waals surface area (Å²) in [5.74, 6) is 0.427. The Labute approximate surface area is 194 Å². The molecule has 0 aliphatic rings. The Morgan fingerprint density at radius 3 is 2.62 bits per heavy atom. The lowest BCUT2D eigenvalue weighted by Gasteiger charge is -2.12. The van der Waals surface area contributed by atoms with Gasteiger partial charge in [0, 0.05) is 23.1 Å². The van der Waals surface area contributed by atoms with Crippen molar-refractivity contribution in [1.29, 1.82) is 0 Å². The minimum atomic E-state index is -3.71. The first-order valence-corrected chi connectivity index (χ1v) is 13.3. The largest absolute Gasteiger partial charge is 0.278 e. The van der Waals surface area contributed by atoms with E-state index in [1.165, 1.54) is 33.7 Å². The molecule has 4 rings (SSSR count). The van der Waals surface area contributed by atoms with E-state index in [0.29, 0.717) is 22.1 Å². The molecule has 0 unspecified atom stereocenters. The first-order valence-electron chi connectivity index (χ1n) is 10.1. The monoisotopic (exact) mass is 486 g/mol. The summed E-state index contributed by atoms with van der Waals surface area (Å²) in [4.78, 5) is 18.5. The standard InChI is InChI=1S/C22H22N4O3S3/c1-3-6-20-24-26-21(27)13-16(23-22(26)31-20)14-30-19-8-5-4-7-18(19)25-32(28,29)17-11-9-15(2)10-12-17/h4-5,7-13,25H,3,6,14H2,1-2H3. The fraction of sp³-hybridized carbons (Fsp3) is 0.227. The lowest BCUT2D eigenvalue weighted by atomic mass is 10.2. The van der Waals surface area contributed by atoms with E-state index in [9.17, 15) is 13.2 Å². The van der Waals surface area contributed by atoms with Gasteiger partial charge >= 0.3 is 0 Å². The van der Waals surface area contributed by atoms with Crippen LogP contribution in [-0.2, 0) is 22.2 Å². The second-order valence-corrected chi connectivity index (χ2v) is 11.0. The molecule has 2 heterocycles. The summed E-state index contributed by atoms with van der Waals surface area (Å²) in [5, 5.41) is 5.21. The maximum Gasteiger partial charge on any atom is 0.275 e.